The lowest BCUT2D eigenvalue weighted by atomic mass is 10.1. The predicted octanol–water partition coefficient (Wildman–Crippen LogP) is 7.32. The third-order valence-corrected chi connectivity index (χ3v) is 9.28. The van der Waals surface area contributed by atoms with Crippen LogP contribution in [0.1, 0.15) is 34.7 Å². The number of carbonyl (C=O) groups is 1. The summed E-state index contributed by atoms with van der Waals surface area (Å²) >= 11 is 6.00. The Morgan fingerprint density at radius 2 is 1.93 bits per heavy atom. The molecule has 0 aliphatic carbocycles. The molecule has 8 nitrogen and oxygen atoms in total. The average Bonchev–Trinajstić information content (AvgIpc) is 3.50. The number of halogens is 4. The molecule has 4 aromatic rings. The van der Waals surface area contributed by atoms with Crippen LogP contribution < -0.4 is 4.90 Å². The van der Waals surface area contributed by atoms with Gasteiger partial charge in [-0.15, -0.1) is 0 Å². The number of benzene rings is 1. The Labute approximate surface area is 248 Å². The minimum atomic E-state index is -4.60. The molecule has 222 valence electrons. The molecule has 0 unspecified atom stereocenters. The number of hydrogen-bond donors (Lipinski definition) is 0. The average molecular weight is 617 g/mol. The van der Waals surface area contributed by atoms with E-state index in [4.69, 9.17) is 21.3 Å². The van der Waals surface area contributed by atoms with Gasteiger partial charge in [0.15, 0.2) is 5.82 Å². The van der Waals surface area contributed by atoms with Crippen LogP contribution in [-0.4, -0.2) is 51.4 Å². The van der Waals surface area contributed by atoms with E-state index < -0.39 is 30.7 Å². The molecule has 3 aromatic heterocycles. The van der Waals surface area contributed by atoms with Crippen LogP contribution in [0.2, 0.25) is 30.7 Å². The van der Waals surface area contributed by atoms with E-state index in [0.29, 0.717) is 35.1 Å². The molecule has 0 bridgehead atoms. The van der Waals surface area contributed by atoms with Gasteiger partial charge in [-0.25, -0.2) is 4.98 Å². The van der Waals surface area contributed by atoms with E-state index in [0.717, 1.165) is 17.8 Å². The molecule has 13 heteroatoms. The Kier molecular flexibility index (Phi) is 8.07. The van der Waals surface area contributed by atoms with Crippen molar-refractivity contribution in [3.63, 3.8) is 0 Å². The second kappa shape index (κ2) is 11.3. The van der Waals surface area contributed by atoms with Gasteiger partial charge in [0.1, 0.15) is 18.1 Å². The number of amides is 1. The highest BCUT2D eigenvalue weighted by Crippen LogP contribution is 2.39. The number of anilines is 1. The second-order valence-corrected chi connectivity index (χ2v) is 17.7. The lowest BCUT2D eigenvalue weighted by molar-refractivity contribution is -0.137. The van der Waals surface area contributed by atoms with Gasteiger partial charge in [-0.3, -0.25) is 14.5 Å². The first-order chi connectivity index (χ1) is 19.8. The molecule has 4 heterocycles. The van der Waals surface area contributed by atoms with Crippen LogP contribution in [0.25, 0.3) is 22.8 Å². The zero-order valence-electron chi connectivity index (χ0n) is 24.0. The Morgan fingerprint density at radius 1 is 1.17 bits per heavy atom. The standard InChI is InChI=1S/C29H32ClF3N6O2Si/c1-18-16-37(20-9-10-22(23(30)14-20)29(31,32)33)28(40)26-21(15-35-39(18)26)25-19(2)38(17-41-12-13-42(3,4)5)27(36-25)24-8-6-7-11-34-24/h6-11,14-15,18H,12-13,16-17H2,1-5H3/t18-/m0/s1. The minimum Gasteiger partial charge on any atom is -0.361 e. The fourth-order valence-corrected chi connectivity index (χ4v) is 5.97. The summed E-state index contributed by atoms with van der Waals surface area (Å²) in [4.78, 5) is 24.8. The van der Waals surface area contributed by atoms with Gasteiger partial charge in [0.05, 0.1) is 34.1 Å². The number of imidazole rings is 1. The van der Waals surface area contributed by atoms with Gasteiger partial charge in [0.2, 0.25) is 0 Å². The summed E-state index contributed by atoms with van der Waals surface area (Å²) in [5.41, 5.74) is 2.12. The first-order valence-corrected chi connectivity index (χ1v) is 17.7. The molecule has 1 atom stereocenters. The summed E-state index contributed by atoms with van der Waals surface area (Å²) in [6.07, 6.45) is -1.29. The number of alkyl halides is 3. The molecular weight excluding hydrogens is 585 g/mol. The van der Waals surface area contributed by atoms with E-state index in [9.17, 15) is 18.0 Å². The Balaban J connectivity index is 1.54. The van der Waals surface area contributed by atoms with E-state index in [2.05, 4.69) is 29.7 Å². The number of pyridine rings is 1. The van der Waals surface area contributed by atoms with Crippen LogP contribution in [0.15, 0.2) is 48.8 Å². The summed E-state index contributed by atoms with van der Waals surface area (Å²) in [6.45, 7) is 11.8. The zero-order valence-corrected chi connectivity index (χ0v) is 25.8. The highest BCUT2D eigenvalue weighted by molar-refractivity contribution is 6.76. The molecule has 1 aromatic carbocycles. The highest BCUT2D eigenvalue weighted by Gasteiger charge is 2.37. The second-order valence-electron chi connectivity index (χ2n) is 11.6. The molecular formula is C29H32ClF3N6O2Si. The van der Waals surface area contributed by atoms with Gasteiger partial charge in [0.25, 0.3) is 5.91 Å². The lowest BCUT2D eigenvalue weighted by Crippen LogP contribution is -2.42. The smallest absolute Gasteiger partial charge is 0.361 e. The quantitative estimate of drug-likeness (QED) is 0.153. The molecule has 1 amide bonds. The molecule has 0 fully saturated rings. The molecule has 0 N–H and O–H groups in total. The largest absolute Gasteiger partial charge is 0.417 e. The summed E-state index contributed by atoms with van der Waals surface area (Å²) in [5.74, 6) is 0.190. The van der Waals surface area contributed by atoms with Crippen molar-refractivity contribution in [3.8, 4) is 22.8 Å². The number of ether oxygens (including phenoxy) is 1. The molecule has 0 saturated heterocycles. The van der Waals surface area contributed by atoms with Crippen molar-refractivity contribution in [3.05, 3.63) is 70.8 Å². The van der Waals surface area contributed by atoms with E-state index in [1.54, 1.807) is 17.1 Å². The van der Waals surface area contributed by atoms with Gasteiger partial charge in [-0.1, -0.05) is 37.3 Å². The van der Waals surface area contributed by atoms with Crippen LogP contribution in [0.5, 0.6) is 0 Å². The van der Waals surface area contributed by atoms with E-state index >= 15 is 0 Å². The zero-order chi connectivity index (χ0) is 30.4. The van der Waals surface area contributed by atoms with Crippen LogP contribution in [0.3, 0.4) is 0 Å². The van der Waals surface area contributed by atoms with Crippen LogP contribution in [0, 0.1) is 6.92 Å². The maximum absolute atomic E-state index is 13.9. The SMILES string of the molecule is Cc1c(-c2cnn3c2C(=O)N(c2ccc(C(F)(F)F)c(Cl)c2)C[C@@H]3C)nc(-c2ccccn2)n1COCC[Si](C)(C)C. The van der Waals surface area contributed by atoms with Crippen molar-refractivity contribution in [2.24, 2.45) is 0 Å². The van der Waals surface area contributed by atoms with Crippen molar-refractivity contribution in [2.45, 2.75) is 58.5 Å². The van der Waals surface area contributed by atoms with E-state index in [1.807, 2.05) is 36.6 Å². The molecule has 0 radical (unpaired) electrons. The van der Waals surface area contributed by atoms with Crippen molar-refractivity contribution < 1.29 is 22.7 Å². The first kappa shape index (κ1) is 30.0. The third-order valence-electron chi connectivity index (χ3n) is 7.26. The van der Waals surface area contributed by atoms with Crippen molar-refractivity contribution in [1.82, 2.24) is 24.3 Å². The van der Waals surface area contributed by atoms with Gasteiger partial charge in [0, 0.05) is 38.8 Å². The van der Waals surface area contributed by atoms with E-state index in [1.165, 1.54) is 17.0 Å². The first-order valence-electron chi connectivity index (χ1n) is 13.6. The minimum absolute atomic E-state index is 0.214. The summed E-state index contributed by atoms with van der Waals surface area (Å²) in [6, 6.07) is 9.67. The molecule has 42 heavy (non-hydrogen) atoms. The highest BCUT2D eigenvalue weighted by atomic mass is 35.5. The van der Waals surface area contributed by atoms with Gasteiger partial charge < -0.3 is 14.2 Å². The van der Waals surface area contributed by atoms with Crippen LogP contribution in [-0.2, 0) is 17.6 Å². The molecule has 0 spiro atoms. The summed E-state index contributed by atoms with van der Waals surface area (Å²) < 4.78 is 49.6. The topological polar surface area (TPSA) is 78.1 Å². The lowest BCUT2D eigenvalue weighted by Gasteiger charge is -2.32. The number of hydrogen-bond acceptors (Lipinski definition) is 5. The normalized spacial score (nSPS) is 15.8. The maximum Gasteiger partial charge on any atom is 0.417 e. The summed E-state index contributed by atoms with van der Waals surface area (Å²) in [7, 11) is -1.29. The Morgan fingerprint density at radius 3 is 2.57 bits per heavy atom. The summed E-state index contributed by atoms with van der Waals surface area (Å²) in [5, 5.41) is 4.05. The third kappa shape index (κ3) is 5.88. The number of rotatable bonds is 8. The van der Waals surface area contributed by atoms with Gasteiger partial charge in [-0.2, -0.15) is 18.3 Å². The molecule has 5 rings (SSSR count). The maximum atomic E-state index is 13.9. The molecule has 1 aliphatic heterocycles. The predicted molar refractivity (Wildman–Crippen MR) is 158 cm³/mol. The Bertz CT molecular complexity index is 1610. The number of carbonyl (C=O) groups excluding carboxylic acids is 1. The van der Waals surface area contributed by atoms with Gasteiger partial charge in [-0.05, 0) is 50.2 Å². The van der Waals surface area contributed by atoms with E-state index in [-0.39, 0.29) is 25.0 Å². The fourth-order valence-electron chi connectivity index (χ4n) is 4.93. The Hall–Kier alpha value is -3.48. The van der Waals surface area contributed by atoms with Crippen molar-refractivity contribution >= 4 is 31.3 Å². The van der Waals surface area contributed by atoms with Crippen molar-refractivity contribution in [1.29, 1.82) is 0 Å². The van der Waals surface area contributed by atoms with Crippen molar-refractivity contribution in [2.75, 3.05) is 18.1 Å². The molecule has 0 saturated carbocycles. The monoisotopic (exact) mass is 616 g/mol. The fraction of sp³-hybridized carbons (Fsp3) is 0.379. The number of nitrogens with zero attached hydrogens (tertiary/aromatic N) is 6. The number of aromatic nitrogens is 5. The van der Waals surface area contributed by atoms with Crippen LogP contribution >= 0.6 is 11.6 Å². The van der Waals surface area contributed by atoms with Crippen LogP contribution in [0.4, 0.5) is 18.9 Å². The van der Waals surface area contributed by atoms with Gasteiger partial charge >= 0.3 is 6.18 Å². The number of fused-ring (bicyclic) bond motifs is 1. The molecule has 1 aliphatic rings.